The number of ether oxygens (including phenoxy) is 4. The zero-order valence-electron chi connectivity index (χ0n) is 23.5. The summed E-state index contributed by atoms with van der Waals surface area (Å²) in [5, 5.41) is 11.6. The van der Waals surface area contributed by atoms with Gasteiger partial charge in [0.15, 0.2) is 11.5 Å². The van der Waals surface area contributed by atoms with Crippen molar-refractivity contribution < 1.29 is 33.6 Å². The van der Waals surface area contributed by atoms with Gasteiger partial charge in [0.05, 0.1) is 38.0 Å². The van der Waals surface area contributed by atoms with E-state index >= 15 is 0 Å². The van der Waals surface area contributed by atoms with Gasteiger partial charge in [-0.3, -0.25) is 14.5 Å². The van der Waals surface area contributed by atoms with Crippen LogP contribution in [0, 0.1) is 0 Å². The highest BCUT2D eigenvalue weighted by Gasteiger charge is 2.46. The molecule has 9 heteroatoms. The van der Waals surface area contributed by atoms with Crippen LogP contribution in [-0.4, -0.2) is 85.3 Å². The topological polar surface area (TPSA) is 97.8 Å². The molecule has 0 saturated carbocycles. The molecular weight excluding hydrogens is 512 g/mol. The van der Waals surface area contributed by atoms with Crippen LogP contribution >= 0.6 is 0 Å². The van der Waals surface area contributed by atoms with Crippen LogP contribution in [0.1, 0.15) is 49.9 Å². The van der Waals surface area contributed by atoms with E-state index in [4.69, 9.17) is 18.9 Å². The Bertz CT molecular complexity index is 1280. The fourth-order valence-electron chi connectivity index (χ4n) is 5.55. The number of likely N-dealkylation sites (tertiary alicyclic amines) is 1. The van der Waals surface area contributed by atoms with Crippen molar-refractivity contribution >= 4 is 17.4 Å². The fourth-order valence-corrected chi connectivity index (χ4v) is 5.55. The number of aliphatic hydroxyl groups excluding tert-OH is 1. The smallest absolute Gasteiger partial charge is 0.295 e. The number of hydrogen-bond acceptors (Lipinski definition) is 8. The van der Waals surface area contributed by atoms with Gasteiger partial charge in [0.1, 0.15) is 17.6 Å². The Hall–Kier alpha value is -3.56. The third-order valence-corrected chi connectivity index (χ3v) is 7.52. The number of amides is 1. The molecule has 1 N–H and O–H groups in total. The molecule has 2 aromatic rings. The molecule has 0 aliphatic carbocycles. The molecule has 0 bridgehead atoms. The highest BCUT2D eigenvalue weighted by molar-refractivity contribution is 6.46. The lowest BCUT2D eigenvalue weighted by Gasteiger charge is -2.31. The molecular formula is C31H38N2O7. The molecule has 2 aromatic carbocycles. The van der Waals surface area contributed by atoms with Crippen molar-refractivity contribution in [3.63, 3.8) is 0 Å². The molecule has 1 amide bonds. The molecule has 214 valence electrons. The average Bonchev–Trinajstić information content (AvgIpc) is 3.46. The van der Waals surface area contributed by atoms with E-state index in [0.29, 0.717) is 68.6 Å². The van der Waals surface area contributed by atoms with E-state index < -0.39 is 17.7 Å². The largest absolute Gasteiger partial charge is 0.507 e. The number of benzene rings is 2. The van der Waals surface area contributed by atoms with Gasteiger partial charge in [-0.25, -0.2) is 0 Å². The number of nitrogens with zero attached hydrogens (tertiary/aromatic N) is 2. The lowest BCUT2D eigenvalue weighted by Crippen LogP contribution is -2.42. The molecule has 0 aromatic heterocycles. The van der Waals surface area contributed by atoms with Crippen molar-refractivity contribution in [1.29, 1.82) is 0 Å². The van der Waals surface area contributed by atoms with Crippen LogP contribution in [0.25, 0.3) is 5.76 Å². The molecule has 40 heavy (non-hydrogen) atoms. The van der Waals surface area contributed by atoms with Crippen LogP contribution < -0.4 is 14.2 Å². The van der Waals surface area contributed by atoms with Crippen LogP contribution in [0.3, 0.4) is 0 Å². The van der Waals surface area contributed by atoms with Crippen molar-refractivity contribution in [3.8, 4) is 17.2 Å². The first-order valence-corrected chi connectivity index (χ1v) is 14.2. The minimum Gasteiger partial charge on any atom is -0.507 e. The molecule has 0 unspecified atom stereocenters. The Morgan fingerprint density at radius 1 is 1.02 bits per heavy atom. The number of morpholine rings is 1. The molecule has 3 aliphatic rings. The maximum Gasteiger partial charge on any atom is 0.295 e. The summed E-state index contributed by atoms with van der Waals surface area (Å²) in [5.41, 5.74) is 2.20. The van der Waals surface area contributed by atoms with Crippen molar-refractivity contribution in [2.24, 2.45) is 0 Å². The first-order valence-electron chi connectivity index (χ1n) is 14.2. The summed E-state index contributed by atoms with van der Waals surface area (Å²) >= 11 is 0. The first-order chi connectivity index (χ1) is 19.4. The Kier molecular flexibility index (Phi) is 8.61. The lowest BCUT2D eigenvalue weighted by atomic mass is 9.94. The summed E-state index contributed by atoms with van der Waals surface area (Å²) in [7, 11) is 0. The van der Waals surface area contributed by atoms with Gasteiger partial charge in [0, 0.05) is 38.2 Å². The van der Waals surface area contributed by atoms with Crippen LogP contribution in [-0.2, 0) is 20.7 Å². The summed E-state index contributed by atoms with van der Waals surface area (Å²) in [6.45, 7) is 10.6. The zero-order chi connectivity index (χ0) is 28.2. The van der Waals surface area contributed by atoms with Gasteiger partial charge in [-0.2, -0.15) is 0 Å². The standard InChI is InChI=1S/C31H38N2O7/c1-4-14-39-25-9-6-21(19-26(25)38-5-2)28-27(29(34)22-7-8-24-23(18-22)17-20(3)40-24)30(35)31(36)33(28)11-10-32-12-15-37-16-13-32/h6-9,18-20,28,34H,4-5,10-17H2,1-3H3/b29-27+/t20-,28-/m1/s1. The molecule has 2 fully saturated rings. The van der Waals surface area contributed by atoms with Crippen LogP contribution in [0.5, 0.6) is 17.2 Å². The van der Waals surface area contributed by atoms with Gasteiger partial charge >= 0.3 is 0 Å². The molecule has 3 heterocycles. The summed E-state index contributed by atoms with van der Waals surface area (Å²) < 4.78 is 23.0. The highest BCUT2D eigenvalue weighted by atomic mass is 16.5. The first kappa shape index (κ1) is 28.0. The second-order valence-corrected chi connectivity index (χ2v) is 10.4. The Balaban J connectivity index is 1.56. The van der Waals surface area contributed by atoms with Crippen LogP contribution in [0.15, 0.2) is 42.0 Å². The van der Waals surface area contributed by atoms with E-state index in [-0.39, 0.29) is 17.4 Å². The van der Waals surface area contributed by atoms with Crippen molar-refractivity contribution in [3.05, 3.63) is 58.7 Å². The molecule has 3 aliphatic heterocycles. The van der Waals surface area contributed by atoms with E-state index in [1.54, 1.807) is 11.0 Å². The molecule has 2 saturated heterocycles. The number of carbonyl (C=O) groups excluding carboxylic acids is 2. The van der Waals surface area contributed by atoms with E-state index in [9.17, 15) is 14.7 Å². The average molecular weight is 551 g/mol. The summed E-state index contributed by atoms with van der Waals surface area (Å²) in [6, 6.07) is 10.1. The normalized spacial score (nSPS) is 22.3. The Labute approximate surface area is 235 Å². The second kappa shape index (κ2) is 12.3. The lowest BCUT2D eigenvalue weighted by molar-refractivity contribution is -0.140. The number of hydrogen-bond donors (Lipinski definition) is 1. The molecule has 5 rings (SSSR count). The summed E-state index contributed by atoms with van der Waals surface area (Å²) in [4.78, 5) is 30.8. The summed E-state index contributed by atoms with van der Waals surface area (Å²) in [6.07, 6.45) is 1.60. The van der Waals surface area contributed by atoms with Crippen molar-refractivity contribution in [1.82, 2.24) is 9.80 Å². The zero-order valence-corrected chi connectivity index (χ0v) is 23.5. The van der Waals surface area contributed by atoms with E-state index in [0.717, 1.165) is 30.8 Å². The third-order valence-electron chi connectivity index (χ3n) is 7.52. The highest BCUT2D eigenvalue weighted by Crippen LogP contribution is 2.43. The molecule has 2 atom stereocenters. The number of fused-ring (bicyclic) bond motifs is 1. The number of carbonyl (C=O) groups is 2. The van der Waals surface area contributed by atoms with E-state index in [1.807, 2.05) is 51.1 Å². The second-order valence-electron chi connectivity index (χ2n) is 10.4. The minimum atomic E-state index is -0.774. The quantitative estimate of drug-likeness (QED) is 0.270. The van der Waals surface area contributed by atoms with Gasteiger partial charge in [0.2, 0.25) is 0 Å². The molecule has 0 spiro atoms. The van der Waals surface area contributed by atoms with Gasteiger partial charge < -0.3 is 29.0 Å². The number of rotatable bonds is 10. The number of ketones is 1. The fraction of sp³-hybridized carbons (Fsp3) is 0.484. The van der Waals surface area contributed by atoms with Crippen molar-refractivity contribution in [2.75, 3.05) is 52.6 Å². The van der Waals surface area contributed by atoms with Gasteiger partial charge in [0.25, 0.3) is 11.7 Å². The maximum atomic E-state index is 13.5. The monoisotopic (exact) mass is 550 g/mol. The molecule has 9 nitrogen and oxygen atoms in total. The van der Waals surface area contributed by atoms with Crippen molar-refractivity contribution in [2.45, 2.75) is 45.8 Å². The SMILES string of the molecule is CCCOc1ccc([C@@H]2/C(=C(\O)c3ccc4c(c3)C[C@@H](C)O4)C(=O)C(=O)N2CCN2CCOCC2)cc1OCC. The predicted octanol–water partition coefficient (Wildman–Crippen LogP) is 3.95. The summed E-state index contributed by atoms with van der Waals surface area (Å²) in [5.74, 6) is 0.404. The minimum absolute atomic E-state index is 0.0450. The Morgan fingerprint density at radius 3 is 2.58 bits per heavy atom. The van der Waals surface area contributed by atoms with Gasteiger partial charge in [-0.15, -0.1) is 0 Å². The van der Waals surface area contributed by atoms with Crippen LogP contribution in [0.4, 0.5) is 0 Å². The Morgan fingerprint density at radius 2 is 1.82 bits per heavy atom. The number of aliphatic hydroxyl groups is 1. The molecule has 0 radical (unpaired) electrons. The van der Waals surface area contributed by atoms with E-state index in [1.165, 1.54) is 0 Å². The predicted molar refractivity (Wildman–Crippen MR) is 150 cm³/mol. The van der Waals surface area contributed by atoms with Gasteiger partial charge in [-0.05, 0) is 61.7 Å². The van der Waals surface area contributed by atoms with E-state index in [2.05, 4.69) is 4.90 Å². The van der Waals surface area contributed by atoms with Crippen LogP contribution in [0.2, 0.25) is 0 Å². The number of Topliss-reactive ketones (excluding diaryl/α,β-unsaturated/α-hetero) is 1. The third kappa shape index (κ3) is 5.67. The van der Waals surface area contributed by atoms with Gasteiger partial charge in [-0.1, -0.05) is 13.0 Å². The maximum absolute atomic E-state index is 13.5.